The molecule has 0 fully saturated rings. The fraction of sp³-hybridized carbons (Fsp3) is 0.0833. The van der Waals surface area contributed by atoms with Crippen LogP contribution >= 0.6 is 0 Å². The summed E-state index contributed by atoms with van der Waals surface area (Å²) >= 11 is 0. The number of aromatic nitrogens is 2. The van der Waals surface area contributed by atoms with Gasteiger partial charge in [0.15, 0.2) is 0 Å². The molecule has 1 aromatic heterocycles. The maximum Gasteiger partial charge on any atom is 0.355 e. The first kappa shape index (κ1) is 23.1. The fourth-order valence-electron chi connectivity index (χ4n) is 3.47. The molecule has 0 aliphatic carbocycles. The summed E-state index contributed by atoms with van der Waals surface area (Å²) in [6.45, 7) is 0.783. The Kier molecular flexibility index (Phi) is 7.07. The molecule has 0 radical (unpaired) electrons. The van der Waals surface area contributed by atoms with E-state index >= 15 is 0 Å². The molecule has 4 aromatic rings. The highest BCUT2D eigenvalue weighted by atomic mass is 16.6. The van der Waals surface area contributed by atoms with Gasteiger partial charge in [-0.25, -0.2) is 9.97 Å². The average molecular weight is 471 g/mol. The third-order valence-corrected chi connectivity index (χ3v) is 5.12. The van der Waals surface area contributed by atoms with Crippen LogP contribution < -0.4 is 15.8 Å². The molecular formula is C24H21N7O4. The summed E-state index contributed by atoms with van der Waals surface area (Å²) < 4.78 is 0. The van der Waals surface area contributed by atoms with Crippen molar-refractivity contribution in [1.29, 1.82) is 0 Å². The number of hydrazine groups is 1. The Hall–Kier alpha value is -5.06. The summed E-state index contributed by atoms with van der Waals surface area (Å²) in [5.41, 5.74) is 7.58. The van der Waals surface area contributed by atoms with Crippen molar-refractivity contribution in [1.82, 2.24) is 9.97 Å². The Balaban J connectivity index is 1.65. The van der Waals surface area contributed by atoms with E-state index in [1.54, 1.807) is 0 Å². The summed E-state index contributed by atoms with van der Waals surface area (Å²) in [5, 5.41) is 23.0. The first-order valence-corrected chi connectivity index (χ1v) is 10.6. The number of rotatable bonds is 10. The van der Waals surface area contributed by atoms with Crippen molar-refractivity contribution in [3.05, 3.63) is 123 Å². The number of nitrogens with zero attached hydrogens (tertiary/aromatic N) is 5. The molecule has 1 heterocycles. The SMILES string of the molecule is O=[N+]([O-])c1ccc(NNc2ncnc(N(Cc3ccccc3)Cc3ccccc3)c2[N+](=O)[O-])cc1. The lowest BCUT2D eigenvalue weighted by Crippen LogP contribution is -2.25. The molecule has 0 saturated carbocycles. The molecule has 0 unspecified atom stereocenters. The molecule has 0 aliphatic heterocycles. The van der Waals surface area contributed by atoms with Crippen molar-refractivity contribution < 1.29 is 9.85 Å². The average Bonchev–Trinajstić information content (AvgIpc) is 2.88. The van der Waals surface area contributed by atoms with Gasteiger partial charge in [-0.05, 0) is 23.3 Å². The second kappa shape index (κ2) is 10.7. The van der Waals surface area contributed by atoms with Gasteiger partial charge in [0, 0.05) is 25.2 Å². The highest BCUT2D eigenvalue weighted by Gasteiger charge is 2.27. The van der Waals surface area contributed by atoms with E-state index in [2.05, 4.69) is 20.8 Å². The Morgan fingerprint density at radius 3 is 1.80 bits per heavy atom. The topological polar surface area (TPSA) is 139 Å². The maximum atomic E-state index is 12.1. The highest BCUT2D eigenvalue weighted by molar-refractivity contribution is 5.71. The quantitative estimate of drug-likeness (QED) is 0.243. The Bertz CT molecular complexity index is 1260. The minimum Gasteiger partial charge on any atom is -0.342 e. The summed E-state index contributed by atoms with van der Waals surface area (Å²) in [4.78, 5) is 32.1. The number of hydrogen-bond acceptors (Lipinski definition) is 9. The van der Waals surface area contributed by atoms with Gasteiger partial charge in [-0.1, -0.05) is 60.7 Å². The Morgan fingerprint density at radius 2 is 1.29 bits per heavy atom. The third-order valence-electron chi connectivity index (χ3n) is 5.12. The molecule has 2 N–H and O–H groups in total. The highest BCUT2D eigenvalue weighted by Crippen LogP contribution is 2.33. The van der Waals surface area contributed by atoms with Gasteiger partial charge in [-0.2, -0.15) is 0 Å². The first-order valence-electron chi connectivity index (χ1n) is 10.6. The van der Waals surface area contributed by atoms with Crippen molar-refractivity contribution in [3.63, 3.8) is 0 Å². The van der Waals surface area contributed by atoms with Gasteiger partial charge in [0.05, 0.1) is 15.5 Å². The van der Waals surface area contributed by atoms with E-state index in [4.69, 9.17) is 0 Å². The van der Waals surface area contributed by atoms with Gasteiger partial charge in [-0.15, -0.1) is 0 Å². The van der Waals surface area contributed by atoms with Crippen LogP contribution in [0.5, 0.6) is 0 Å². The van der Waals surface area contributed by atoms with Crippen LogP contribution in [-0.4, -0.2) is 19.8 Å². The van der Waals surface area contributed by atoms with E-state index < -0.39 is 9.85 Å². The molecule has 0 saturated heterocycles. The lowest BCUT2D eigenvalue weighted by atomic mass is 10.1. The molecule has 0 aliphatic rings. The Morgan fingerprint density at radius 1 is 0.714 bits per heavy atom. The van der Waals surface area contributed by atoms with E-state index in [9.17, 15) is 20.2 Å². The summed E-state index contributed by atoms with van der Waals surface area (Å²) in [6.07, 6.45) is 1.26. The minimum atomic E-state index is -0.530. The monoisotopic (exact) mass is 471 g/mol. The Labute approximate surface area is 200 Å². The van der Waals surface area contributed by atoms with Crippen molar-refractivity contribution >= 4 is 28.7 Å². The zero-order chi connectivity index (χ0) is 24.6. The smallest absolute Gasteiger partial charge is 0.342 e. The van der Waals surface area contributed by atoms with Crippen molar-refractivity contribution in [3.8, 4) is 0 Å². The van der Waals surface area contributed by atoms with Crippen LogP contribution in [0.4, 0.5) is 28.7 Å². The lowest BCUT2D eigenvalue weighted by molar-refractivity contribution is -0.384. The number of nitro benzene ring substituents is 1. The number of nitro groups is 2. The van der Waals surface area contributed by atoms with Gasteiger partial charge in [0.2, 0.25) is 11.6 Å². The van der Waals surface area contributed by atoms with Crippen molar-refractivity contribution in [2.45, 2.75) is 13.1 Å². The molecule has 176 valence electrons. The van der Waals surface area contributed by atoms with Gasteiger partial charge in [0.25, 0.3) is 5.69 Å². The first-order chi connectivity index (χ1) is 17.0. The van der Waals surface area contributed by atoms with Crippen LogP contribution in [0.1, 0.15) is 11.1 Å². The standard InChI is InChI=1S/C24H21N7O4/c32-30(33)21-13-11-20(12-14-21)27-28-23-22(31(34)35)24(26-17-25-23)29(15-18-7-3-1-4-8-18)16-19-9-5-2-6-10-19/h1-14,17,27H,15-16H2,(H,25,26,28). The van der Waals surface area contributed by atoms with Gasteiger partial charge in [-0.3, -0.25) is 31.1 Å². The van der Waals surface area contributed by atoms with E-state index in [-0.39, 0.29) is 23.0 Å². The van der Waals surface area contributed by atoms with Crippen LogP contribution in [0.25, 0.3) is 0 Å². The summed E-state index contributed by atoms with van der Waals surface area (Å²) in [5.74, 6) is 0.121. The van der Waals surface area contributed by atoms with Gasteiger partial charge >= 0.3 is 5.69 Å². The van der Waals surface area contributed by atoms with Crippen molar-refractivity contribution in [2.75, 3.05) is 15.8 Å². The molecule has 0 bridgehead atoms. The maximum absolute atomic E-state index is 12.1. The van der Waals surface area contributed by atoms with Crippen molar-refractivity contribution in [2.24, 2.45) is 0 Å². The zero-order valence-corrected chi connectivity index (χ0v) is 18.4. The van der Waals surface area contributed by atoms with Crippen LogP contribution in [-0.2, 0) is 13.1 Å². The van der Waals surface area contributed by atoms with E-state index in [0.717, 1.165) is 11.1 Å². The van der Waals surface area contributed by atoms with Crippen LogP contribution in [0.2, 0.25) is 0 Å². The molecule has 3 aromatic carbocycles. The number of nitrogens with one attached hydrogen (secondary N) is 2. The molecule has 0 spiro atoms. The molecule has 11 heteroatoms. The predicted molar refractivity (Wildman–Crippen MR) is 132 cm³/mol. The fourth-order valence-corrected chi connectivity index (χ4v) is 3.47. The molecule has 0 atom stereocenters. The summed E-state index contributed by atoms with van der Waals surface area (Å²) in [6, 6.07) is 24.8. The van der Waals surface area contributed by atoms with Crippen LogP contribution in [0.3, 0.4) is 0 Å². The third kappa shape index (κ3) is 5.85. The predicted octanol–water partition coefficient (Wildman–Crippen LogP) is 4.94. The number of hydrogen-bond donors (Lipinski definition) is 2. The molecule has 11 nitrogen and oxygen atoms in total. The molecule has 35 heavy (non-hydrogen) atoms. The van der Waals surface area contributed by atoms with Gasteiger partial charge < -0.3 is 4.90 Å². The van der Waals surface area contributed by atoms with E-state index in [1.165, 1.54) is 30.6 Å². The number of benzene rings is 3. The zero-order valence-electron chi connectivity index (χ0n) is 18.4. The largest absolute Gasteiger partial charge is 0.355 e. The molecule has 0 amide bonds. The lowest BCUT2D eigenvalue weighted by Gasteiger charge is -2.24. The molecular weight excluding hydrogens is 450 g/mol. The van der Waals surface area contributed by atoms with Crippen LogP contribution in [0, 0.1) is 20.2 Å². The van der Waals surface area contributed by atoms with Crippen LogP contribution in [0.15, 0.2) is 91.3 Å². The van der Waals surface area contributed by atoms with E-state index in [0.29, 0.717) is 18.8 Å². The number of non-ortho nitro benzene ring substituents is 1. The minimum absolute atomic E-state index is 0.0375. The second-order valence-electron chi connectivity index (χ2n) is 7.53. The number of anilines is 3. The summed E-state index contributed by atoms with van der Waals surface area (Å²) in [7, 11) is 0. The normalized spacial score (nSPS) is 10.4. The van der Waals surface area contributed by atoms with Gasteiger partial charge in [0.1, 0.15) is 6.33 Å². The van der Waals surface area contributed by atoms with E-state index in [1.807, 2.05) is 65.6 Å². The molecule has 4 rings (SSSR count). The second-order valence-corrected chi connectivity index (χ2v) is 7.53.